The van der Waals surface area contributed by atoms with Crippen molar-refractivity contribution in [1.29, 1.82) is 0 Å². The molecule has 0 rings (SSSR count). The fourth-order valence-corrected chi connectivity index (χ4v) is 4.23. The number of sulfonamides is 2. The van der Waals surface area contributed by atoms with Crippen molar-refractivity contribution in [1.82, 2.24) is 4.13 Å². The molecular formula is C8H2F18LiNO4S2. The number of halogens is 18. The predicted octanol–water partition coefficient (Wildman–Crippen LogP) is 3.44. The molecule has 0 spiro atoms. The van der Waals surface area contributed by atoms with Crippen molar-refractivity contribution in [2.75, 3.05) is 0 Å². The first-order chi connectivity index (χ1) is 13.7. The number of hydrogen-bond donors (Lipinski definition) is 1. The van der Waals surface area contributed by atoms with Crippen molar-refractivity contribution < 1.29 is 95.9 Å². The van der Waals surface area contributed by atoms with E-state index in [-0.39, 0.29) is 18.9 Å². The minimum atomic E-state index is -8.68. The summed E-state index contributed by atoms with van der Waals surface area (Å²) in [4.78, 5) is 0. The van der Waals surface area contributed by atoms with Gasteiger partial charge in [0.1, 0.15) is 0 Å². The van der Waals surface area contributed by atoms with Gasteiger partial charge in [0.05, 0.1) is 0 Å². The second-order valence-electron chi connectivity index (χ2n) is 5.42. The van der Waals surface area contributed by atoms with Gasteiger partial charge >= 0.3 is 65.4 Å². The van der Waals surface area contributed by atoms with Crippen LogP contribution >= 0.6 is 0 Å². The topological polar surface area (TPSA) is 80.3 Å². The molecule has 0 aromatic heterocycles. The van der Waals surface area contributed by atoms with Crippen LogP contribution in [0.15, 0.2) is 0 Å². The molecule has 0 aromatic carbocycles. The van der Waals surface area contributed by atoms with E-state index in [9.17, 15) is 95.9 Å². The van der Waals surface area contributed by atoms with Crippen LogP contribution in [-0.2, 0) is 20.0 Å². The van der Waals surface area contributed by atoms with Gasteiger partial charge in [0.15, 0.2) is 0 Å². The van der Waals surface area contributed by atoms with Gasteiger partial charge in [-0.15, -0.1) is 0 Å². The van der Waals surface area contributed by atoms with Crippen LogP contribution in [-0.4, -0.2) is 82.2 Å². The summed E-state index contributed by atoms with van der Waals surface area (Å²) in [5, 5.41) is -16.3. The number of nitrogens with one attached hydrogen (secondary N) is 1. The molecule has 0 saturated carbocycles. The molecule has 0 unspecified atom stereocenters. The van der Waals surface area contributed by atoms with Gasteiger partial charge in [-0.1, -0.05) is 4.13 Å². The van der Waals surface area contributed by atoms with Crippen LogP contribution in [0.5, 0.6) is 0 Å². The van der Waals surface area contributed by atoms with Crippen molar-refractivity contribution in [3.8, 4) is 0 Å². The quantitative estimate of drug-likeness (QED) is 0.348. The van der Waals surface area contributed by atoms with E-state index in [0.717, 1.165) is 0 Å². The maximum absolute atomic E-state index is 13.2. The van der Waals surface area contributed by atoms with Crippen LogP contribution in [0.2, 0.25) is 0 Å². The van der Waals surface area contributed by atoms with Crippen LogP contribution in [0.3, 0.4) is 0 Å². The van der Waals surface area contributed by atoms with Gasteiger partial charge in [-0.3, -0.25) is 0 Å². The Morgan fingerprint density at radius 2 is 0.559 bits per heavy atom. The zero-order valence-corrected chi connectivity index (χ0v) is 15.4. The minimum absolute atomic E-state index is 0. The Hall–Kier alpha value is -0.803. The van der Waals surface area contributed by atoms with Gasteiger partial charge in [-0.25, -0.2) is 16.8 Å². The fraction of sp³-hybridized carbons (Fsp3) is 1.00. The molecule has 0 atom stereocenters. The summed E-state index contributed by atoms with van der Waals surface area (Å²) in [5.74, 6) is -32.9. The second-order valence-corrected chi connectivity index (χ2v) is 9.12. The van der Waals surface area contributed by atoms with Crippen LogP contribution in [0.1, 0.15) is 0 Å². The average Bonchev–Trinajstić information content (AvgIpc) is 2.50. The third-order valence-electron chi connectivity index (χ3n) is 3.13. The molecule has 0 aromatic rings. The summed E-state index contributed by atoms with van der Waals surface area (Å²) < 4.78 is 268. The average molecular weight is 589 g/mol. The van der Waals surface area contributed by atoms with Gasteiger partial charge in [0, 0.05) is 0 Å². The molecule has 0 fully saturated rings. The van der Waals surface area contributed by atoms with E-state index in [1.54, 1.807) is 0 Å². The Bertz CT molecular complexity index is 887. The van der Waals surface area contributed by atoms with Gasteiger partial charge in [-0.05, 0) is 0 Å². The molecule has 0 aliphatic heterocycles. The molecule has 0 aliphatic rings. The third-order valence-corrected chi connectivity index (χ3v) is 6.74. The van der Waals surface area contributed by atoms with Crippen molar-refractivity contribution in [2.45, 2.75) is 46.6 Å². The fourth-order valence-electron chi connectivity index (χ4n) is 1.31. The number of hydrogen-bond acceptors (Lipinski definition) is 4. The molecule has 0 amide bonds. The van der Waals surface area contributed by atoms with E-state index in [4.69, 9.17) is 0 Å². The Morgan fingerprint density at radius 3 is 0.706 bits per heavy atom. The van der Waals surface area contributed by atoms with Gasteiger partial charge in [0.2, 0.25) is 0 Å². The summed E-state index contributed by atoms with van der Waals surface area (Å²) in [7, 11) is -17.4. The monoisotopic (exact) mass is 589 g/mol. The Labute approximate surface area is 186 Å². The Morgan fingerprint density at radius 1 is 0.382 bits per heavy atom. The normalized spacial score (nSPS) is 16.3. The van der Waals surface area contributed by atoms with Crippen LogP contribution < -0.4 is 4.13 Å². The Balaban J connectivity index is 0. The molecule has 1 N–H and O–H groups in total. The first-order valence-corrected chi connectivity index (χ1v) is 9.35. The standard InChI is InChI=1S/C8HF18NO4S2.Li.H/c9-1(10,5(17,18)19)3(13,14)7(23,24)32(28,29)27-33(30,31)8(25,26)4(15,16)2(11,12)6(20,21)22;;/h27H;;. The zero-order chi connectivity index (χ0) is 27.7. The summed E-state index contributed by atoms with van der Waals surface area (Å²) in [6.45, 7) is 0. The molecular weight excluding hydrogens is 587 g/mol. The van der Waals surface area contributed by atoms with E-state index in [1.165, 1.54) is 0 Å². The SMILES string of the molecule is O=S(=O)(NS(=O)(=O)C(F)(F)C(F)(F)C(F)(F)C(F)(F)F)C(F)(F)C(F)(F)C(F)(F)C(F)(F)F.[LiH]. The molecule has 202 valence electrons. The summed E-state index contributed by atoms with van der Waals surface area (Å²) in [6, 6.07) is 0. The summed E-state index contributed by atoms with van der Waals surface area (Å²) >= 11 is 0. The van der Waals surface area contributed by atoms with Crippen molar-refractivity contribution in [2.24, 2.45) is 0 Å². The second kappa shape index (κ2) is 8.65. The van der Waals surface area contributed by atoms with E-state index in [0.29, 0.717) is 0 Å². The molecule has 0 aliphatic carbocycles. The first-order valence-electron chi connectivity index (χ1n) is 6.38. The van der Waals surface area contributed by atoms with E-state index in [2.05, 4.69) is 0 Å². The van der Waals surface area contributed by atoms with Crippen LogP contribution in [0.25, 0.3) is 0 Å². The zero-order valence-electron chi connectivity index (χ0n) is 13.8. The van der Waals surface area contributed by atoms with E-state index < -0.39 is 70.7 Å². The summed E-state index contributed by atoms with van der Waals surface area (Å²) in [6.07, 6.45) is -15.5. The van der Waals surface area contributed by atoms with Crippen molar-refractivity contribution in [3.05, 3.63) is 0 Å². The molecule has 0 radical (unpaired) electrons. The molecule has 0 heterocycles. The van der Waals surface area contributed by atoms with Gasteiger partial charge < -0.3 is 0 Å². The Kier molecular flexibility index (Phi) is 8.99. The van der Waals surface area contributed by atoms with Crippen molar-refractivity contribution >= 4 is 38.9 Å². The molecule has 0 saturated heterocycles. The van der Waals surface area contributed by atoms with Crippen LogP contribution in [0.4, 0.5) is 79.0 Å². The molecule has 0 bridgehead atoms. The third kappa shape index (κ3) is 4.77. The maximum atomic E-state index is 13.2. The van der Waals surface area contributed by atoms with E-state index in [1.807, 2.05) is 0 Å². The molecule has 26 heteroatoms. The molecule has 34 heavy (non-hydrogen) atoms. The first kappa shape index (κ1) is 35.4. The van der Waals surface area contributed by atoms with Crippen LogP contribution in [0, 0.1) is 0 Å². The van der Waals surface area contributed by atoms with Gasteiger partial charge in [-0.2, -0.15) is 79.0 Å². The number of rotatable bonds is 8. The van der Waals surface area contributed by atoms with Crippen molar-refractivity contribution in [3.63, 3.8) is 0 Å². The molecule has 5 nitrogen and oxygen atoms in total. The summed E-state index contributed by atoms with van der Waals surface area (Å²) in [5.41, 5.74) is 0. The predicted molar refractivity (Wildman–Crippen MR) is 69.9 cm³/mol. The number of alkyl halides is 18. The van der Waals surface area contributed by atoms with E-state index >= 15 is 0 Å². The van der Waals surface area contributed by atoms with Gasteiger partial charge in [0.25, 0.3) is 20.0 Å².